The van der Waals surface area contributed by atoms with Crippen molar-refractivity contribution < 1.29 is 18.0 Å². The Morgan fingerprint density at radius 3 is 2.25 bits per heavy atom. The Morgan fingerprint density at radius 1 is 0.975 bits per heavy atom. The molecule has 2 atom stereocenters. The van der Waals surface area contributed by atoms with Crippen LogP contribution in [0.1, 0.15) is 57.7 Å². The minimum atomic E-state index is -4.37. The molecule has 4 aromatic rings. The van der Waals surface area contributed by atoms with E-state index in [9.17, 15) is 18.0 Å². The Morgan fingerprint density at radius 2 is 1.62 bits per heavy atom. The van der Waals surface area contributed by atoms with E-state index in [1.54, 1.807) is 19.2 Å². The molecule has 0 saturated heterocycles. The van der Waals surface area contributed by atoms with Crippen molar-refractivity contribution in [2.45, 2.75) is 51.0 Å². The van der Waals surface area contributed by atoms with Crippen LogP contribution in [0.15, 0.2) is 84.9 Å². The van der Waals surface area contributed by atoms with Gasteiger partial charge in [-0.25, -0.2) is 0 Å². The largest absolute Gasteiger partial charge is 0.416 e. The summed E-state index contributed by atoms with van der Waals surface area (Å²) in [5, 5.41) is 7.77. The zero-order valence-corrected chi connectivity index (χ0v) is 22.7. The van der Waals surface area contributed by atoms with Gasteiger partial charge in [-0.3, -0.25) is 14.4 Å². The molecular weight excluding hydrogens is 513 g/mol. The molecule has 0 saturated carbocycles. The molecule has 1 aliphatic heterocycles. The van der Waals surface area contributed by atoms with Crippen molar-refractivity contribution in [2.24, 2.45) is 0 Å². The highest BCUT2D eigenvalue weighted by molar-refractivity contribution is 5.83. The third kappa shape index (κ3) is 5.82. The Hall–Kier alpha value is -3.91. The average molecular weight is 547 g/mol. The van der Waals surface area contributed by atoms with Gasteiger partial charge in [-0.2, -0.15) is 18.3 Å². The van der Waals surface area contributed by atoms with Crippen molar-refractivity contribution in [3.8, 4) is 0 Å². The minimum Gasteiger partial charge on any atom is -0.358 e. The highest BCUT2D eigenvalue weighted by Crippen LogP contribution is 2.41. The van der Waals surface area contributed by atoms with Gasteiger partial charge < -0.3 is 5.32 Å². The van der Waals surface area contributed by atoms with E-state index < -0.39 is 17.8 Å². The van der Waals surface area contributed by atoms with Gasteiger partial charge in [0, 0.05) is 37.3 Å². The van der Waals surface area contributed by atoms with Gasteiger partial charge in [0.2, 0.25) is 5.91 Å². The molecule has 1 N–H and O–H groups in total. The molecule has 208 valence electrons. The number of aromatic nitrogens is 2. The maximum absolute atomic E-state index is 13.3. The fourth-order valence-electron chi connectivity index (χ4n) is 5.83. The molecular formula is C32H33F3N4O. The smallest absolute Gasteiger partial charge is 0.358 e. The first-order valence-electron chi connectivity index (χ1n) is 13.5. The Balaban J connectivity index is 1.52. The highest BCUT2D eigenvalue weighted by atomic mass is 19.4. The lowest BCUT2D eigenvalue weighted by Crippen LogP contribution is -2.45. The molecule has 1 aliphatic rings. The first-order valence-corrected chi connectivity index (χ1v) is 13.5. The number of carbonyl (C=O) groups is 1. The monoisotopic (exact) mass is 546 g/mol. The number of alkyl halides is 3. The van der Waals surface area contributed by atoms with Gasteiger partial charge in [0.1, 0.15) is 6.04 Å². The van der Waals surface area contributed by atoms with Crippen molar-refractivity contribution in [1.82, 2.24) is 20.0 Å². The van der Waals surface area contributed by atoms with Crippen molar-refractivity contribution in [1.29, 1.82) is 0 Å². The Kier molecular flexibility index (Phi) is 8.07. The number of hydrogen-bond acceptors (Lipinski definition) is 3. The van der Waals surface area contributed by atoms with Crippen LogP contribution in [0.3, 0.4) is 0 Å². The van der Waals surface area contributed by atoms with Gasteiger partial charge in [-0.05, 0) is 48.6 Å². The summed E-state index contributed by atoms with van der Waals surface area (Å²) in [7, 11) is 1.65. The van der Waals surface area contributed by atoms with Gasteiger partial charge in [-0.15, -0.1) is 0 Å². The van der Waals surface area contributed by atoms with Crippen LogP contribution in [-0.4, -0.2) is 34.2 Å². The molecule has 0 radical (unpaired) electrons. The second-order valence-corrected chi connectivity index (χ2v) is 10.3. The SMILES string of the molecule is CNC(=O)[C@@H](c1ccccc1)N1CCc2c(c(C)nn2Cc2ccccc2)C1CCc1ccc(C(F)(F)F)cc1. The maximum atomic E-state index is 13.3. The molecule has 3 aromatic carbocycles. The average Bonchev–Trinajstić information content (AvgIpc) is 3.28. The second-order valence-electron chi connectivity index (χ2n) is 10.3. The van der Waals surface area contributed by atoms with Crippen LogP contribution >= 0.6 is 0 Å². The van der Waals surface area contributed by atoms with Gasteiger partial charge in [0.15, 0.2) is 0 Å². The predicted molar refractivity (Wildman–Crippen MR) is 149 cm³/mol. The molecule has 1 unspecified atom stereocenters. The molecule has 0 fully saturated rings. The van der Waals surface area contributed by atoms with Crippen molar-refractivity contribution >= 4 is 5.91 Å². The zero-order valence-electron chi connectivity index (χ0n) is 22.7. The van der Waals surface area contributed by atoms with Crippen LogP contribution in [0.2, 0.25) is 0 Å². The second kappa shape index (κ2) is 11.7. The lowest BCUT2D eigenvalue weighted by atomic mass is 9.88. The number of likely N-dealkylation sites (N-methyl/N-ethyl adjacent to an activating group) is 1. The van der Waals surface area contributed by atoms with E-state index in [1.807, 2.05) is 55.5 Å². The van der Waals surface area contributed by atoms with E-state index in [2.05, 4.69) is 27.0 Å². The van der Waals surface area contributed by atoms with Gasteiger partial charge in [-0.1, -0.05) is 72.8 Å². The zero-order chi connectivity index (χ0) is 28.3. The van der Waals surface area contributed by atoms with Crippen molar-refractivity contribution in [2.75, 3.05) is 13.6 Å². The minimum absolute atomic E-state index is 0.0940. The third-order valence-corrected chi connectivity index (χ3v) is 7.73. The van der Waals surface area contributed by atoms with Crippen LogP contribution in [0, 0.1) is 6.92 Å². The van der Waals surface area contributed by atoms with Gasteiger partial charge in [0.05, 0.1) is 17.8 Å². The summed E-state index contributed by atoms with van der Waals surface area (Å²) in [6, 6.07) is 24.6. The fraction of sp³-hybridized carbons (Fsp3) is 0.312. The molecule has 40 heavy (non-hydrogen) atoms. The molecule has 8 heteroatoms. The number of carbonyl (C=O) groups excluding carboxylic acids is 1. The lowest BCUT2D eigenvalue weighted by Gasteiger charge is -2.41. The summed E-state index contributed by atoms with van der Waals surface area (Å²) >= 11 is 0. The number of aryl methyl sites for hydroxylation is 2. The number of nitrogens with one attached hydrogen (secondary N) is 1. The number of rotatable bonds is 8. The van der Waals surface area contributed by atoms with E-state index in [-0.39, 0.29) is 11.9 Å². The molecule has 1 amide bonds. The normalized spacial score (nSPS) is 16.4. The lowest BCUT2D eigenvalue weighted by molar-refractivity contribution is -0.137. The van der Waals surface area contributed by atoms with E-state index in [4.69, 9.17) is 5.10 Å². The first kappa shape index (κ1) is 27.6. The molecule has 0 bridgehead atoms. The Labute approximate surface area is 232 Å². The Bertz CT molecular complexity index is 1430. The maximum Gasteiger partial charge on any atom is 0.416 e. The summed E-state index contributed by atoms with van der Waals surface area (Å²) in [5.41, 5.74) is 5.41. The number of hydrogen-bond donors (Lipinski definition) is 1. The van der Waals surface area contributed by atoms with E-state index in [1.165, 1.54) is 0 Å². The molecule has 2 heterocycles. The quantitative estimate of drug-likeness (QED) is 0.283. The topological polar surface area (TPSA) is 50.2 Å². The summed E-state index contributed by atoms with van der Waals surface area (Å²) in [4.78, 5) is 15.6. The number of benzene rings is 3. The standard InChI is InChI=1S/C32H33F3N4O/c1-22-29-27(18-15-23-13-16-26(17-14-23)32(33,34)35)38(30(31(40)36-2)25-11-7-4-8-12-25)20-19-28(29)39(37-22)21-24-9-5-3-6-10-24/h3-14,16-17,27,30H,15,18-21H2,1-2H3,(H,36,40)/t27?,30-/m1/s1. The van der Waals surface area contributed by atoms with Crippen LogP contribution in [0.5, 0.6) is 0 Å². The van der Waals surface area contributed by atoms with Crippen LogP contribution in [0.25, 0.3) is 0 Å². The summed E-state index contributed by atoms with van der Waals surface area (Å²) < 4.78 is 41.4. The molecule has 0 aliphatic carbocycles. The van der Waals surface area contributed by atoms with Crippen LogP contribution < -0.4 is 5.32 Å². The van der Waals surface area contributed by atoms with Crippen molar-refractivity contribution in [3.63, 3.8) is 0 Å². The van der Waals surface area contributed by atoms with Crippen LogP contribution in [-0.2, 0) is 30.4 Å². The van der Waals surface area contributed by atoms with Crippen molar-refractivity contribution in [3.05, 3.63) is 124 Å². The molecule has 0 spiro atoms. The summed E-state index contributed by atoms with van der Waals surface area (Å²) in [6.45, 7) is 3.31. The molecule has 1 aromatic heterocycles. The van der Waals surface area contributed by atoms with Crippen LogP contribution in [0.4, 0.5) is 13.2 Å². The number of halogens is 3. The summed E-state index contributed by atoms with van der Waals surface area (Å²) in [6.07, 6.45) is -2.43. The first-order chi connectivity index (χ1) is 19.3. The van der Waals surface area contributed by atoms with E-state index in [0.29, 0.717) is 25.9 Å². The number of amides is 1. The van der Waals surface area contributed by atoms with E-state index in [0.717, 1.165) is 52.2 Å². The van der Waals surface area contributed by atoms with Gasteiger partial charge in [0.25, 0.3) is 0 Å². The predicted octanol–water partition coefficient (Wildman–Crippen LogP) is 6.28. The third-order valence-electron chi connectivity index (χ3n) is 7.73. The van der Waals surface area contributed by atoms with Gasteiger partial charge >= 0.3 is 6.18 Å². The van der Waals surface area contributed by atoms with E-state index >= 15 is 0 Å². The fourth-order valence-corrected chi connectivity index (χ4v) is 5.83. The molecule has 5 rings (SSSR count). The highest BCUT2D eigenvalue weighted by Gasteiger charge is 2.39. The number of fused-ring (bicyclic) bond motifs is 1. The number of nitrogens with zero attached hydrogens (tertiary/aromatic N) is 3. The molecule has 5 nitrogen and oxygen atoms in total. The summed E-state index contributed by atoms with van der Waals surface area (Å²) in [5.74, 6) is -0.0940.